The molecule has 2 aromatic heterocycles. The molecule has 7 nitrogen and oxygen atoms in total. The van der Waals surface area contributed by atoms with Gasteiger partial charge in [0.2, 0.25) is 11.7 Å². The number of aromatic nitrogens is 4. The Morgan fingerprint density at radius 1 is 1.07 bits per heavy atom. The number of aryl methyl sites for hydroxylation is 2. The van der Waals surface area contributed by atoms with E-state index in [2.05, 4.69) is 31.2 Å². The summed E-state index contributed by atoms with van der Waals surface area (Å²) < 4.78 is 13.2. The van der Waals surface area contributed by atoms with Crippen LogP contribution in [0.5, 0.6) is 5.75 Å². The van der Waals surface area contributed by atoms with Crippen LogP contribution < -0.4 is 10.3 Å². The third-order valence-corrected chi connectivity index (χ3v) is 4.91. The highest BCUT2D eigenvalue weighted by atomic mass is 79.9. The van der Waals surface area contributed by atoms with Gasteiger partial charge in [-0.1, -0.05) is 33.2 Å². The van der Waals surface area contributed by atoms with E-state index in [1.807, 2.05) is 55.5 Å². The lowest BCUT2D eigenvalue weighted by molar-refractivity contribution is 0.340. The maximum atomic E-state index is 12.2. The summed E-state index contributed by atoms with van der Waals surface area (Å²) in [6, 6.07) is 18.5. The highest BCUT2D eigenvalue weighted by Crippen LogP contribution is 2.21. The fourth-order valence-corrected chi connectivity index (χ4v) is 3.35. The molecule has 152 valence electrons. The highest BCUT2D eigenvalue weighted by molar-refractivity contribution is 9.10. The Balaban J connectivity index is 1.49. The van der Waals surface area contributed by atoms with Crippen molar-refractivity contribution in [2.24, 2.45) is 0 Å². The molecule has 0 saturated heterocycles. The Bertz CT molecular complexity index is 1200. The molecule has 4 aromatic rings. The summed E-state index contributed by atoms with van der Waals surface area (Å²) in [6.45, 7) is 2.89. The molecule has 0 fully saturated rings. The largest absolute Gasteiger partial charge is 0.494 e. The molecular weight excluding hydrogens is 448 g/mol. The Morgan fingerprint density at radius 3 is 2.67 bits per heavy atom. The Kier molecular flexibility index (Phi) is 6.04. The second-order valence-electron chi connectivity index (χ2n) is 6.51. The fourth-order valence-electron chi connectivity index (χ4n) is 2.95. The third-order valence-electron chi connectivity index (χ3n) is 4.42. The van der Waals surface area contributed by atoms with Gasteiger partial charge < -0.3 is 9.26 Å². The second kappa shape index (κ2) is 9.04. The zero-order valence-electron chi connectivity index (χ0n) is 16.3. The van der Waals surface area contributed by atoms with Crippen LogP contribution in [0.25, 0.3) is 22.6 Å². The van der Waals surface area contributed by atoms with E-state index in [4.69, 9.17) is 9.26 Å². The quantitative estimate of drug-likeness (QED) is 0.402. The van der Waals surface area contributed by atoms with Crippen LogP contribution >= 0.6 is 15.9 Å². The maximum Gasteiger partial charge on any atom is 0.266 e. The minimum atomic E-state index is -0.184. The van der Waals surface area contributed by atoms with E-state index in [1.54, 1.807) is 6.07 Å². The van der Waals surface area contributed by atoms with Gasteiger partial charge in [-0.05, 0) is 49.4 Å². The van der Waals surface area contributed by atoms with Gasteiger partial charge in [0.15, 0.2) is 0 Å². The van der Waals surface area contributed by atoms with E-state index in [-0.39, 0.29) is 5.56 Å². The van der Waals surface area contributed by atoms with Crippen LogP contribution in [0.1, 0.15) is 12.8 Å². The molecule has 4 rings (SSSR count). The van der Waals surface area contributed by atoms with Crippen molar-refractivity contribution >= 4 is 15.9 Å². The van der Waals surface area contributed by atoms with Crippen LogP contribution in [0.4, 0.5) is 0 Å². The van der Waals surface area contributed by atoms with Crippen LogP contribution in [0, 0.1) is 0 Å². The van der Waals surface area contributed by atoms with Gasteiger partial charge in [-0.15, -0.1) is 0 Å². The molecule has 30 heavy (non-hydrogen) atoms. The average molecular weight is 467 g/mol. The molecule has 2 aromatic carbocycles. The van der Waals surface area contributed by atoms with Gasteiger partial charge in [-0.2, -0.15) is 10.1 Å². The number of nitrogens with zero attached hydrogens (tertiary/aromatic N) is 4. The molecule has 0 aliphatic rings. The van der Waals surface area contributed by atoms with Crippen molar-refractivity contribution in [3.63, 3.8) is 0 Å². The van der Waals surface area contributed by atoms with E-state index in [0.717, 1.165) is 21.3 Å². The highest BCUT2D eigenvalue weighted by Gasteiger charge is 2.10. The number of benzene rings is 2. The van der Waals surface area contributed by atoms with Gasteiger partial charge in [-0.3, -0.25) is 4.79 Å². The summed E-state index contributed by atoms with van der Waals surface area (Å²) >= 11 is 3.43. The summed E-state index contributed by atoms with van der Waals surface area (Å²) in [4.78, 5) is 16.7. The summed E-state index contributed by atoms with van der Waals surface area (Å²) in [6.07, 6.45) is 0.403. The minimum Gasteiger partial charge on any atom is -0.494 e. The maximum absolute atomic E-state index is 12.2. The molecule has 0 atom stereocenters. The van der Waals surface area contributed by atoms with Gasteiger partial charge in [0.25, 0.3) is 5.56 Å². The Hall–Kier alpha value is -3.26. The van der Waals surface area contributed by atoms with Crippen LogP contribution in [0.15, 0.2) is 74.5 Å². The van der Waals surface area contributed by atoms with Crippen LogP contribution in [0.2, 0.25) is 0 Å². The van der Waals surface area contributed by atoms with E-state index in [1.165, 1.54) is 10.7 Å². The summed E-state index contributed by atoms with van der Waals surface area (Å²) in [5.74, 6) is 1.76. The molecule has 0 radical (unpaired) electrons. The standard InChI is InChI=1S/C22H19BrN4O3/c1-2-29-18-8-6-15(7-9-18)19-10-11-21(28)27(25-19)13-12-20-24-22(26-30-20)16-4-3-5-17(23)14-16/h3-11,14H,2,12-13H2,1H3. The average Bonchev–Trinajstić information content (AvgIpc) is 3.23. The van der Waals surface area contributed by atoms with Gasteiger partial charge in [0.05, 0.1) is 18.8 Å². The van der Waals surface area contributed by atoms with Gasteiger partial charge >= 0.3 is 0 Å². The zero-order valence-corrected chi connectivity index (χ0v) is 17.9. The Labute approximate surface area is 181 Å². The molecule has 8 heteroatoms. The molecule has 2 heterocycles. The first-order chi connectivity index (χ1) is 14.6. The number of hydrogen-bond donors (Lipinski definition) is 0. The first kappa shape index (κ1) is 20.0. The fraction of sp³-hybridized carbons (Fsp3) is 0.182. The lowest BCUT2D eigenvalue weighted by atomic mass is 10.1. The van der Waals surface area contributed by atoms with Crippen LogP contribution in [-0.2, 0) is 13.0 Å². The molecule has 0 saturated carbocycles. The van der Waals surface area contributed by atoms with E-state index < -0.39 is 0 Å². The molecule has 0 aliphatic carbocycles. The third kappa shape index (κ3) is 4.65. The predicted octanol–water partition coefficient (Wildman–Crippen LogP) is 4.36. The van der Waals surface area contributed by atoms with E-state index >= 15 is 0 Å². The zero-order chi connectivity index (χ0) is 20.9. The first-order valence-electron chi connectivity index (χ1n) is 9.52. The van der Waals surface area contributed by atoms with Crippen molar-refractivity contribution in [1.82, 2.24) is 19.9 Å². The van der Waals surface area contributed by atoms with E-state index in [0.29, 0.717) is 37.0 Å². The van der Waals surface area contributed by atoms with Gasteiger partial charge in [0, 0.05) is 28.1 Å². The van der Waals surface area contributed by atoms with E-state index in [9.17, 15) is 4.79 Å². The number of rotatable bonds is 7. The summed E-state index contributed by atoms with van der Waals surface area (Å²) in [5, 5.41) is 8.50. The lowest BCUT2D eigenvalue weighted by Crippen LogP contribution is -2.23. The smallest absolute Gasteiger partial charge is 0.266 e. The molecule has 0 spiro atoms. The molecular formula is C22H19BrN4O3. The molecule has 0 aliphatic heterocycles. The number of hydrogen-bond acceptors (Lipinski definition) is 6. The molecule has 0 N–H and O–H groups in total. The molecule has 0 unspecified atom stereocenters. The molecule has 0 amide bonds. The Morgan fingerprint density at radius 2 is 1.90 bits per heavy atom. The first-order valence-corrected chi connectivity index (χ1v) is 10.3. The minimum absolute atomic E-state index is 0.184. The lowest BCUT2D eigenvalue weighted by Gasteiger charge is -2.07. The van der Waals surface area contributed by atoms with Gasteiger partial charge in [0.1, 0.15) is 5.75 Å². The SMILES string of the molecule is CCOc1ccc(-c2ccc(=O)n(CCc3nc(-c4cccc(Br)c4)no3)n2)cc1. The predicted molar refractivity (Wildman–Crippen MR) is 116 cm³/mol. The monoisotopic (exact) mass is 466 g/mol. The van der Waals surface area contributed by atoms with Crippen molar-refractivity contribution in [2.75, 3.05) is 6.61 Å². The van der Waals surface area contributed by atoms with Crippen molar-refractivity contribution in [3.8, 4) is 28.4 Å². The van der Waals surface area contributed by atoms with Crippen molar-refractivity contribution < 1.29 is 9.26 Å². The van der Waals surface area contributed by atoms with Gasteiger partial charge in [-0.25, -0.2) is 4.68 Å². The summed E-state index contributed by atoms with van der Waals surface area (Å²) in [7, 11) is 0. The number of halogens is 1. The topological polar surface area (TPSA) is 83.0 Å². The van der Waals surface area contributed by atoms with Crippen molar-refractivity contribution in [3.05, 3.63) is 81.4 Å². The van der Waals surface area contributed by atoms with Crippen LogP contribution in [0.3, 0.4) is 0 Å². The summed E-state index contributed by atoms with van der Waals surface area (Å²) in [5.41, 5.74) is 2.28. The van der Waals surface area contributed by atoms with Crippen LogP contribution in [-0.4, -0.2) is 26.5 Å². The van der Waals surface area contributed by atoms with Crippen molar-refractivity contribution in [2.45, 2.75) is 19.9 Å². The number of ether oxygens (including phenoxy) is 1. The second-order valence-corrected chi connectivity index (χ2v) is 7.43. The molecule has 0 bridgehead atoms. The normalized spacial score (nSPS) is 10.9. The van der Waals surface area contributed by atoms with Crippen molar-refractivity contribution in [1.29, 1.82) is 0 Å².